The van der Waals surface area contributed by atoms with E-state index >= 15 is 0 Å². The van der Waals surface area contributed by atoms with Crippen molar-refractivity contribution in [3.8, 4) is 6.07 Å². The largest absolute Gasteiger partial charge is 0.243 e. The maximum atomic E-state index is 12.6. The highest BCUT2D eigenvalue weighted by molar-refractivity contribution is 8.00. The second-order valence-electron chi connectivity index (χ2n) is 5.09. The topological polar surface area (TPSA) is 61.2 Å². The Morgan fingerprint density at radius 2 is 2.16 bits per heavy atom. The summed E-state index contributed by atoms with van der Waals surface area (Å²) >= 11 is 1.78. The van der Waals surface area contributed by atoms with Crippen LogP contribution in [0.2, 0.25) is 0 Å². The van der Waals surface area contributed by atoms with Gasteiger partial charge in [-0.1, -0.05) is 6.07 Å². The second kappa shape index (κ2) is 5.16. The fourth-order valence-corrected chi connectivity index (χ4v) is 5.01. The summed E-state index contributed by atoms with van der Waals surface area (Å²) in [6.45, 7) is 5.11. The number of rotatable bonds is 2. The Bertz CT molecular complexity index is 618. The van der Waals surface area contributed by atoms with Gasteiger partial charge in [-0.2, -0.15) is 21.3 Å². The Kier molecular flexibility index (Phi) is 3.90. The monoisotopic (exact) mass is 296 g/mol. The van der Waals surface area contributed by atoms with Crippen LogP contribution in [0.3, 0.4) is 0 Å². The van der Waals surface area contributed by atoms with E-state index in [0.29, 0.717) is 18.7 Å². The van der Waals surface area contributed by atoms with E-state index in [4.69, 9.17) is 5.26 Å². The highest BCUT2D eigenvalue weighted by Gasteiger charge is 2.34. The second-order valence-corrected chi connectivity index (χ2v) is 8.83. The first-order valence-electron chi connectivity index (χ1n) is 5.99. The molecule has 1 aliphatic rings. The molecule has 1 heterocycles. The fourth-order valence-electron chi connectivity index (χ4n) is 2.05. The first-order valence-corrected chi connectivity index (χ1v) is 8.42. The van der Waals surface area contributed by atoms with Crippen molar-refractivity contribution < 1.29 is 8.42 Å². The number of hydrogen-bond acceptors (Lipinski definition) is 4. The Balaban J connectivity index is 2.34. The quantitative estimate of drug-likeness (QED) is 0.838. The van der Waals surface area contributed by atoms with Crippen molar-refractivity contribution >= 4 is 21.8 Å². The lowest BCUT2D eigenvalue weighted by molar-refractivity contribution is 0.387. The van der Waals surface area contributed by atoms with Crippen molar-refractivity contribution in [2.75, 3.05) is 18.8 Å². The van der Waals surface area contributed by atoms with E-state index in [9.17, 15) is 8.42 Å². The van der Waals surface area contributed by atoms with Gasteiger partial charge in [0.25, 0.3) is 0 Å². The number of benzene rings is 1. The zero-order chi connectivity index (χ0) is 14.1. The third-order valence-electron chi connectivity index (χ3n) is 2.99. The highest BCUT2D eigenvalue weighted by Crippen LogP contribution is 2.32. The predicted octanol–water partition coefficient (Wildman–Crippen LogP) is 2.07. The lowest BCUT2D eigenvalue weighted by Crippen LogP contribution is -2.46. The summed E-state index contributed by atoms with van der Waals surface area (Å²) in [5, 5.41) is 8.86. The van der Waals surface area contributed by atoms with Crippen LogP contribution in [0.1, 0.15) is 19.4 Å². The molecule has 1 aliphatic heterocycles. The van der Waals surface area contributed by atoms with E-state index in [0.717, 1.165) is 5.75 Å². The molecule has 102 valence electrons. The molecular weight excluding hydrogens is 280 g/mol. The minimum Gasteiger partial charge on any atom is -0.207 e. The number of thioether (sulfide) groups is 1. The summed E-state index contributed by atoms with van der Waals surface area (Å²) in [6.07, 6.45) is 0. The van der Waals surface area contributed by atoms with Crippen molar-refractivity contribution in [1.29, 1.82) is 5.26 Å². The summed E-state index contributed by atoms with van der Waals surface area (Å²) in [7, 11) is -3.50. The van der Waals surface area contributed by atoms with Gasteiger partial charge in [0.1, 0.15) is 0 Å². The fraction of sp³-hybridized carbons (Fsp3) is 0.462. The van der Waals surface area contributed by atoms with Crippen molar-refractivity contribution in [1.82, 2.24) is 4.31 Å². The number of nitrogens with zero attached hydrogens (tertiary/aromatic N) is 2. The summed E-state index contributed by atoms with van der Waals surface area (Å²) < 4.78 is 26.5. The SMILES string of the molecule is CC1(C)CN(S(=O)(=O)c2cccc(C#N)c2)CCS1. The van der Waals surface area contributed by atoms with E-state index < -0.39 is 10.0 Å². The zero-order valence-electron chi connectivity index (χ0n) is 11.0. The van der Waals surface area contributed by atoms with Gasteiger partial charge < -0.3 is 0 Å². The maximum absolute atomic E-state index is 12.6. The Labute approximate surface area is 118 Å². The molecule has 1 saturated heterocycles. The maximum Gasteiger partial charge on any atom is 0.243 e. The van der Waals surface area contributed by atoms with E-state index in [1.807, 2.05) is 19.9 Å². The summed E-state index contributed by atoms with van der Waals surface area (Å²) in [5.74, 6) is 0.796. The molecule has 0 atom stereocenters. The molecule has 0 spiro atoms. The van der Waals surface area contributed by atoms with E-state index in [1.54, 1.807) is 30.0 Å². The minimum atomic E-state index is -3.50. The molecule has 1 fully saturated rings. The molecule has 6 heteroatoms. The molecule has 0 aliphatic carbocycles. The van der Waals surface area contributed by atoms with Gasteiger partial charge in [0.2, 0.25) is 10.0 Å². The van der Waals surface area contributed by atoms with Crippen LogP contribution in [-0.4, -0.2) is 36.3 Å². The molecule has 0 bridgehead atoms. The summed E-state index contributed by atoms with van der Waals surface area (Å²) in [5.41, 5.74) is 0.367. The van der Waals surface area contributed by atoms with Crippen LogP contribution in [0.5, 0.6) is 0 Å². The molecule has 4 nitrogen and oxygen atoms in total. The van der Waals surface area contributed by atoms with Crippen LogP contribution < -0.4 is 0 Å². The molecule has 0 unspecified atom stereocenters. The molecule has 0 saturated carbocycles. The lowest BCUT2D eigenvalue weighted by atomic mass is 10.2. The van der Waals surface area contributed by atoms with Crippen molar-refractivity contribution in [3.05, 3.63) is 29.8 Å². The molecule has 1 aromatic rings. The Morgan fingerprint density at radius 1 is 1.42 bits per heavy atom. The smallest absolute Gasteiger partial charge is 0.207 e. The molecule has 2 rings (SSSR count). The normalized spacial score (nSPS) is 19.8. The van der Waals surface area contributed by atoms with Crippen molar-refractivity contribution in [2.45, 2.75) is 23.5 Å². The zero-order valence-corrected chi connectivity index (χ0v) is 12.6. The summed E-state index contributed by atoms with van der Waals surface area (Å²) in [4.78, 5) is 0.203. The van der Waals surface area contributed by atoms with Crippen LogP contribution >= 0.6 is 11.8 Å². The van der Waals surface area contributed by atoms with E-state index in [1.165, 1.54) is 10.4 Å². The van der Waals surface area contributed by atoms with E-state index in [2.05, 4.69) is 0 Å². The van der Waals surface area contributed by atoms with Gasteiger partial charge >= 0.3 is 0 Å². The molecule has 0 aromatic heterocycles. The average Bonchev–Trinajstić information content (AvgIpc) is 2.37. The van der Waals surface area contributed by atoms with Gasteiger partial charge in [0.05, 0.1) is 16.5 Å². The van der Waals surface area contributed by atoms with Gasteiger partial charge in [-0.15, -0.1) is 0 Å². The number of hydrogen-bond donors (Lipinski definition) is 0. The predicted molar refractivity (Wildman–Crippen MR) is 76.5 cm³/mol. The van der Waals surface area contributed by atoms with Gasteiger partial charge in [-0.05, 0) is 32.0 Å². The van der Waals surface area contributed by atoms with Crippen LogP contribution in [0.4, 0.5) is 0 Å². The minimum absolute atomic E-state index is 0.0713. The Hall–Kier alpha value is -1.03. The van der Waals surface area contributed by atoms with Crippen LogP contribution in [0, 0.1) is 11.3 Å². The number of sulfonamides is 1. The average molecular weight is 296 g/mol. The third kappa shape index (κ3) is 3.11. The summed E-state index contributed by atoms with van der Waals surface area (Å²) in [6, 6.07) is 8.17. The molecule has 0 radical (unpaired) electrons. The number of nitriles is 1. The highest BCUT2D eigenvalue weighted by atomic mass is 32.2. The first-order chi connectivity index (χ1) is 8.85. The van der Waals surface area contributed by atoms with Crippen LogP contribution in [0.15, 0.2) is 29.2 Å². The van der Waals surface area contributed by atoms with Crippen LogP contribution in [0.25, 0.3) is 0 Å². The Morgan fingerprint density at radius 3 is 2.79 bits per heavy atom. The van der Waals surface area contributed by atoms with Gasteiger partial charge in [-0.3, -0.25) is 0 Å². The van der Waals surface area contributed by atoms with Gasteiger partial charge in [-0.25, -0.2) is 8.42 Å². The molecule has 0 N–H and O–H groups in total. The van der Waals surface area contributed by atoms with Crippen molar-refractivity contribution in [3.63, 3.8) is 0 Å². The molecule has 1 aromatic carbocycles. The molecule has 19 heavy (non-hydrogen) atoms. The first kappa shape index (κ1) is 14.4. The van der Waals surface area contributed by atoms with Gasteiger partial charge in [0, 0.05) is 23.6 Å². The molecular formula is C13H16N2O2S2. The standard InChI is InChI=1S/C13H16N2O2S2/c1-13(2)10-15(6-7-18-13)19(16,17)12-5-3-4-11(8-12)9-14/h3-5,8H,6-7,10H2,1-2H3. The lowest BCUT2D eigenvalue weighted by Gasteiger charge is -2.36. The van der Waals surface area contributed by atoms with Crippen molar-refractivity contribution in [2.24, 2.45) is 0 Å². The van der Waals surface area contributed by atoms with Gasteiger partial charge in [0.15, 0.2) is 0 Å². The van der Waals surface area contributed by atoms with Crippen LogP contribution in [-0.2, 0) is 10.0 Å². The third-order valence-corrected chi connectivity index (χ3v) is 6.13. The van der Waals surface area contributed by atoms with E-state index in [-0.39, 0.29) is 9.64 Å². The molecule has 0 amide bonds.